The molecule has 1 aliphatic carbocycles. The van der Waals surface area contributed by atoms with Crippen LogP contribution in [-0.2, 0) is 14.8 Å². The summed E-state index contributed by atoms with van der Waals surface area (Å²) >= 11 is 0. The molecular formula is C17H20FN5O3S. The van der Waals surface area contributed by atoms with Crippen LogP contribution in [0.3, 0.4) is 0 Å². The van der Waals surface area contributed by atoms with Gasteiger partial charge in [-0.3, -0.25) is 0 Å². The summed E-state index contributed by atoms with van der Waals surface area (Å²) in [6.45, 7) is 3.10. The summed E-state index contributed by atoms with van der Waals surface area (Å²) in [4.78, 5) is 10.2. The molecule has 8 nitrogen and oxygen atoms in total. The highest BCUT2D eigenvalue weighted by Crippen LogP contribution is 2.44. The molecule has 10 heteroatoms. The zero-order chi connectivity index (χ0) is 19.2. The number of rotatable bonds is 4. The van der Waals surface area contributed by atoms with E-state index in [1.165, 1.54) is 12.1 Å². The first-order chi connectivity index (χ1) is 12.8. The van der Waals surface area contributed by atoms with E-state index in [1.54, 1.807) is 12.1 Å². The number of nitrogens with zero attached hydrogens (tertiary/aromatic N) is 3. The van der Waals surface area contributed by atoms with Crippen LogP contribution in [0.4, 0.5) is 21.8 Å². The Kier molecular flexibility index (Phi) is 4.28. The van der Waals surface area contributed by atoms with Crippen molar-refractivity contribution in [3.05, 3.63) is 36.3 Å². The van der Waals surface area contributed by atoms with Crippen molar-refractivity contribution in [2.45, 2.75) is 36.3 Å². The predicted octanol–water partition coefficient (Wildman–Crippen LogP) is 1.76. The fourth-order valence-electron chi connectivity index (χ4n) is 3.10. The maximum absolute atomic E-state index is 14.4. The lowest BCUT2D eigenvalue weighted by Gasteiger charge is -2.39. The Bertz CT molecular complexity index is 963. The molecule has 4 rings (SSSR count). The number of primary sulfonamides is 1. The van der Waals surface area contributed by atoms with Crippen LogP contribution < -0.4 is 15.4 Å². The third-order valence-electron chi connectivity index (χ3n) is 4.87. The molecule has 1 saturated heterocycles. The van der Waals surface area contributed by atoms with Crippen LogP contribution in [0.15, 0.2) is 35.4 Å². The fraction of sp³-hybridized carbons (Fsp3) is 0.412. The Labute approximate surface area is 156 Å². The van der Waals surface area contributed by atoms with Crippen LogP contribution in [0.2, 0.25) is 0 Å². The summed E-state index contributed by atoms with van der Waals surface area (Å²) in [6.07, 6.45) is 3.08. The maximum atomic E-state index is 14.4. The maximum Gasteiger partial charge on any atom is 0.238 e. The summed E-state index contributed by atoms with van der Waals surface area (Å²) in [5, 5.41) is 8.05. The number of sulfonamides is 1. The second-order valence-electron chi connectivity index (χ2n) is 7.03. The highest BCUT2D eigenvalue weighted by atomic mass is 32.2. The number of benzene rings is 1. The van der Waals surface area contributed by atoms with E-state index >= 15 is 0 Å². The van der Waals surface area contributed by atoms with Gasteiger partial charge in [0.1, 0.15) is 0 Å². The Hall–Kier alpha value is -2.30. The lowest BCUT2D eigenvalue weighted by molar-refractivity contribution is 0.00292. The van der Waals surface area contributed by atoms with Crippen LogP contribution in [0.25, 0.3) is 0 Å². The van der Waals surface area contributed by atoms with E-state index < -0.39 is 15.8 Å². The molecule has 1 atom stereocenters. The number of hydrogen-bond donors (Lipinski definition) is 2. The lowest BCUT2D eigenvalue weighted by Crippen LogP contribution is -2.50. The standard InChI is InChI=1S/C17H20FN5O3S/c1-11-9-26-17(6-7-17)10-23(11)15-14(18)8-20-16(22-15)21-12-2-4-13(5-3-12)27(19,24)25/h2-5,8,11H,6-7,9-10H2,1H3,(H2,19,24,25)(H,20,21,22)/t11-/m0/s1. The van der Waals surface area contributed by atoms with E-state index in [9.17, 15) is 12.8 Å². The minimum absolute atomic E-state index is 0.00233. The van der Waals surface area contributed by atoms with E-state index in [2.05, 4.69) is 15.3 Å². The summed E-state index contributed by atoms with van der Waals surface area (Å²) in [5.41, 5.74) is 0.398. The molecular weight excluding hydrogens is 373 g/mol. The number of morpholine rings is 1. The Morgan fingerprint density at radius 2 is 2.04 bits per heavy atom. The third-order valence-corrected chi connectivity index (χ3v) is 5.79. The van der Waals surface area contributed by atoms with E-state index in [1.807, 2.05) is 11.8 Å². The molecule has 144 valence electrons. The number of nitrogens with two attached hydrogens (primary N) is 1. The Balaban J connectivity index is 1.57. The van der Waals surface area contributed by atoms with Crippen molar-refractivity contribution < 1.29 is 17.5 Å². The van der Waals surface area contributed by atoms with Crippen LogP contribution >= 0.6 is 0 Å². The van der Waals surface area contributed by atoms with Crippen molar-refractivity contribution in [3.8, 4) is 0 Å². The van der Waals surface area contributed by atoms with E-state index in [4.69, 9.17) is 9.88 Å². The summed E-state index contributed by atoms with van der Waals surface area (Å²) in [7, 11) is -3.76. The smallest absolute Gasteiger partial charge is 0.238 e. The van der Waals surface area contributed by atoms with Gasteiger partial charge in [0.2, 0.25) is 16.0 Å². The topological polar surface area (TPSA) is 110 Å². The fourth-order valence-corrected chi connectivity index (χ4v) is 3.62. The molecule has 0 amide bonds. The first-order valence-electron chi connectivity index (χ1n) is 8.59. The van der Waals surface area contributed by atoms with Crippen molar-refractivity contribution in [2.24, 2.45) is 5.14 Å². The van der Waals surface area contributed by atoms with E-state index in [-0.39, 0.29) is 28.3 Å². The van der Waals surface area contributed by atoms with Gasteiger partial charge in [-0.25, -0.2) is 22.9 Å². The minimum atomic E-state index is -3.76. The molecule has 1 aliphatic heterocycles. The van der Waals surface area contributed by atoms with Crippen molar-refractivity contribution in [1.82, 2.24) is 9.97 Å². The van der Waals surface area contributed by atoms with E-state index in [0.29, 0.717) is 18.8 Å². The highest BCUT2D eigenvalue weighted by Gasteiger charge is 2.49. The number of halogens is 1. The van der Waals surface area contributed by atoms with Gasteiger partial charge < -0.3 is 15.0 Å². The van der Waals surface area contributed by atoms with Gasteiger partial charge in [0.05, 0.1) is 29.3 Å². The summed E-state index contributed by atoms with van der Waals surface area (Å²) in [5.74, 6) is -0.0382. The minimum Gasteiger partial charge on any atom is -0.371 e. The van der Waals surface area contributed by atoms with Gasteiger partial charge in [-0.05, 0) is 44.0 Å². The SMILES string of the molecule is C[C@H]1COC2(CC2)CN1c1nc(Nc2ccc(S(N)(=O)=O)cc2)ncc1F. The van der Waals surface area contributed by atoms with Crippen LogP contribution in [0.5, 0.6) is 0 Å². The monoisotopic (exact) mass is 393 g/mol. The van der Waals surface area contributed by atoms with Crippen molar-refractivity contribution in [1.29, 1.82) is 0 Å². The van der Waals surface area contributed by atoms with Gasteiger partial charge in [-0.15, -0.1) is 0 Å². The quantitative estimate of drug-likeness (QED) is 0.814. The normalized spacial score (nSPS) is 21.3. The Morgan fingerprint density at radius 3 is 2.67 bits per heavy atom. The number of hydrogen-bond acceptors (Lipinski definition) is 7. The molecule has 2 fully saturated rings. The van der Waals surface area contributed by atoms with Gasteiger partial charge in [0.25, 0.3) is 0 Å². The molecule has 0 unspecified atom stereocenters. The first kappa shape index (κ1) is 18.1. The second kappa shape index (κ2) is 6.39. The molecule has 0 radical (unpaired) electrons. The third kappa shape index (κ3) is 3.73. The zero-order valence-corrected chi connectivity index (χ0v) is 15.5. The summed E-state index contributed by atoms with van der Waals surface area (Å²) < 4.78 is 42.9. The van der Waals surface area contributed by atoms with E-state index in [0.717, 1.165) is 19.0 Å². The van der Waals surface area contributed by atoms with Gasteiger partial charge in [-0.2, -0.15) is 4.98 Å². The first-order valence-corrected chi connectivity index (χ1v) is 10.1. The molecule has 0 bridgehead atoms. The van der Waals surface area contributed by atoms with Crippen LogP contribution in [0, 0.1) is 5.82 Å². The zero-order valence-electron chi connectivity index (χ0n) is 14.7. The van der Waals surface area contributed by atoms with Crippen LogP contribution in [-0.4, -0.2) is 43.2 Å². The van der Waals surface area contributed by atoms with Crippen molar-refractivity contribution in [3.63, 3.8) is 0 Å². The van der Waals surface area contributed by atoms with Gasteiger partial charge in [0, 0.05) is 12.2 Å². The number of nitrogens with one attached hydrogen (secondary N) is 1. The summed E-state index contributed by atoms with van der Waals surface area (Å²) in [6, 6.07) is 5.85. The molecule has 1 saturated carbocycles. The average Bonchev–Trinajstić information content (AvgIpc) is 3.38. The number of aromatic nitrogens is 2. The number of anilines is 3. The van der Waals surface area contributed by atoms with Gasteiger partial charge in [0.15, 0.2) is 11.6 Å². The lowest BCUT2D eigenvalue weighted by atomic mass is 10.2. The average molecular weight is 393 g/mol. The van der Waals surface area contributed by atoms with Crippen LogP contribution in [0.1, 0.15) is 19.8 Å². The molecule has 2 heterocycles. The Morgan fingerprint density at radius 1 is 1.33 bits per heavy atom. The van der Waals surface area contributed by atoms with Gasteiger partial charge >= 0.3 is 0 Å². The molecule has 2 aliphatic rings. The molecule has 1 aromatic carbocycles. The molecule has 2 aromatic rings. The second-order valence-corrected chi connectivity index (χ2v) is 8.59. The molecule has 1 aromatic heterocycles. The van der Waals surface area contributed by atoms with Crippen molar-refractivity contribution >= 4 is 27.5 Å². The molecule has 3 N–H and O–H groups in total. The molecule has 27 heavy (non-hydrogen) atoms. The highest BCUT2D eigenvalue weighted by molar-refractivity contribution is 7.89. The number of ether oxygens (including phenoxy) is 1. The van der Waals surface area contributed by atoms with Crippen molar-refractivity contribution in [2.75, 3.05) is 23.4 Å². The largest absolute Gasteiger partial charge is 0.371 e. The predicted molar refractivity (Wildman–Crippen MR) is 97.8 cm³/mol. The molecule has 1 spiro atoms. The van der Waals surface area contributed by atoms with Gasteiger partial charge in [-0.1, -0.05) is 0 Å².